The Morgan fingerprint density at radius 1 is 1.44 bits per heavy atom. The van der Waals surface area contributed by atoms with Crippen LogP contribution < -0.4 is 4.74 Å². The number of ether oxygens (including phenoxy) is 1. The van der Waals surface area contributed by atoms with E-state index in [2.05, 4.69) is 6.92 Å². The second-order valence-electron chi connectivity index (χ2n) is 4.46. The van der Waals surface area contributed by atoms with Crippen molar-refractivity contribution < 1.29 is 14.5 Å². The van der Waals surface area contributed by atoms with Crippen LogP contribution in [0.2, 0.25) is 0 Å². The normalized spacial score (nSPS) is 18.7. The second-order valence-corrected chi connectivity index (χ2v) is 4.46. The molecule has 96 valence electrons. The van der Waals surface area contributed by atoms with Crippen LogP contribution in [0.1, 0.15) is 13.3 Å². The molecule has 0 N–H and O–H groups in total. The molecular weight excluding hydrogens is 236 g/mol. The van der Waals surface area contributed by atoms with Gasteiger partial charge in [-0.3, -0.25) is 10.1 Å². The standard InChI is InChI=1S/C12H14N2O4/c1-9-6-7-13(8-9)12(15)18-11-4-2-10(3-5-11)14(16)17/h2-5,9H,6-8H2,1H3/t9-/m1/s1. The van der Waals surface area contributed by atoms with Gasteiger partial charge in [-0.2, -0.15) is 0 Å². The van der Waals surface area contributed by atoms with Crippen molar-refractivity contribution in [3.8, 4) is 5.75 Å². The zero-order chi connectivity index (χ0) is 13.1. The summed E-state index contributed by atoms with van der Waals surface area (Å²) in [5.74, 6) is 0.819. The van der Waals surface area contributed by atoms with Crippen molar-refractivity contribution >= 4 is 11.8 Å². The fourth-order valence-electron chi connectivity index (χ4n) is 1.90. The van der Waals surface area contributed by atoms with Gasteiger partial charge in [0, 0.05) is 25.2 Å². The highest BCUT2D eigenvalue weighted by Crippen LogP contribution is 2.20. The largest absolute Gasteiger partial charge is 0.415 e. The molecule has 6 heteroatoms. The number of non-ortho nitro benzene ring substituents is 1. The first kappa shape index (κ1) is 12.3. The van der Waals surface area contributed by atoms with Crippen molar-refractivity contribution in [2.75, 3.05) is 13.1 Å². The molecule has 1 atom stereocenters. The fraction of sp³-hybridized carbons (Fsp3) is 0.417. The number of likely N-dealkylation sites (tertiary alicyclic amines) is 1. The first-order valence-electron chi connectivity index (χ1n) is 5.77. The number of benzene rings is 1. The van der Waals surface area contributed by atoms with Gasteiger partial charge in [0.2, 0.25) is 0 Å². The van der Waals surface area contributed by atoms with E-state index in [0.29, 0.717) is 24.8 Å². The van der Waals surface area contributed by atoms with Gasteiger partial charge >= 0.3 is 6.09 Å². The van der Waals surface area contributed by atoms with Crippen molar-refractivity contribution in [2.45, 2.75) is 13.3 Å². The number of nitrogens with zero attached hydrogens (tertiary/aromatic N) is 2. The molecular formula is C12H14N2O4. The molecule has 1 aliphatic rings. The van der Waals surface area contributed by atoms with E-state index in [1.165, 1.54) is 24.3 Å². The molecule has 6 nitrogen and oxygen atoms in total. The number of amides is 1. The molecule has 1 heterocycles. The first-order valence-corrected chi connectivity index (χ1v) is 5.77. The molecule has 0 bridgehead atoms. The van der Waals surface area contributed by atoms with E-state index in [9.17, 15) is 14.9 Å². The van der Waals surface area contributed by atoms with Crippen LogP contribution >= 0.6 is 0 Å². The third-order valence-corrected chi connectivity index (χ3v) is 2.93. The molecule has 1 amide bonds. The monoisotopic (exact) mass is 250 g/mol. The minimum Gasteiger partial charge on any atom is -0.410 e. The smallest absolute Gasteiger partial charge is 0.410 e. The summed E-state index contributed by atoms with van der Waals surface area (Å²) >= 11 is 0. The SMILES string of the molecule is C[C@@H]1CCN(C(=O)Oc2ccc([N+](=O)[O-])cc2)C1. The summed E-state index contributed by atoms with van der Waals surface area (Å²) in [6.45, 7) is 3.48. The van der Waals surface area contributed by atoms with Crippen molar-refractivity contribution in [3.63, 3.8) is 0 Å². The van der Waals surface area contributed by atoms with Crippen molar-refractivity contribution in [3.05, 3.63) is 34.4 Å². The van der Waals surface area contributed by atoms with Gasteiger partial charge in [-0.15, -0.1) is 0 Å². The Kier molecular flexibility index (Phi) is 3.45. The van der Waals surface area contributed by atoms with Crippen molar-refractivity contribution in [1.82, 2.24) is 4.90 Å². The number of carbonyl (C=O) groups excluding carboxylic acids is 1. The van der Waals surface area contributed by atoms with Gasteiger partial charge in [0.25, 0.3) is 5.69 Å². The number of rotatable bonds is 2. The molecule has 1 aromatic rings. The van der Waals surface area contributed by atoms with Gasteiger partial charge in [-0.05, 0) is 24.5 Å². The lowest BCUT2D eigenvalue weighted by Crippen LogP contribution is -2.31. The lowest BCUT2D eigenvalue weighted by molar-refractivity contribution is -0.384. The van der Waals surface area contributed by atoms with Crippen LogP contribution in [0.25, 0.3) is 0 Å². The van der Waals surface area contributed by atoms with Gasteiger partial charge in [0.05, 0.1) is 4.92 Å². The number of hydrogen-bond donors (Lipinski definition) is 0. The maximum atomic E-state index is 11.7. The van der Waals surface area contributed by atoms with Crippen LogP contribution in [0.4, 0.5) is 10.5 Å². The molecule has 1 fully saturated rings. The summed E-state index contributed by atoms with van der Waals surface area (Å²) < 4.78 is 5.15. The van der Waals surface area contributed by atoms with Gasteiger partial charge in [-0.1, -0.05) is 6.92 Å². The zero-order valence-electron chi connectivity index (χ0n) is 10.0. The van der Waals surface area contributed by atoms with Crippen LogP contribution in [0.15, 0.2) is 24.3 Å². The summed E-state index contributed by atoms with van der Waals surface area (Å²) in [7, 11) is 0. The van der Waals surface area contributed by atoms with Crippen LogP contribution in [0.3, 0.4) is 0 Å². The Labute approximate surface area is 104 Å². The van der Waals surface area contributed by atoms with E-state index in [1.807, 2.05) is 0 Å². The Bertz CT molecular complexity index is 458. The van der Waals surface area contributed by atoms with E-state index >= 15 is 0 Å². The average molecular weight is 250 g/mol. The maximum absolute atomic E-state index is 11.7. The molecule has 1 aromatic carbocycles. The molecule has 2 rings (SSSR count). The summed E-state index contributed by atoms with van der Waals surface area (Å²) in [5, 5.41) is 10.5. The lowest BCUT2D eigenvalue weighted by atomic mass is 10.2. The highest BCUT2D eigenvalue weighted by atomic mass is 16.6. The summed E-state index contributed by atoms with van der Waals surface area (Å²) in [4.78, 5) is 23.4. The summed E-state index contributed by atoms with van der Waals surface area (Å²) in [6, 6.07) is 5.48. The van der Waals surface area contributed by atoms with E-state index < -0.39 is 11.0 Å². The Morgan fingerprint density at radius 2 is 2.11 bits per heavy atom. The van der Waals surface area contributed by atoms with Gasteiger partial charge in [0.1, 0.15) is 5.75 Å². The third kappa shape index (κ3) is 2.77. The van der Waals surface area contributed by atoms with Gasteiger partial charge in [-0.25, -0.2) is 4.79 Å². The van der Waals surface area contributed by atoms with Crippen LogP contribution in [0, 0.1) is 16.0 Å². The first-order chi connectivity index (χ1) is 8.56. The molecule has 1 aliphatic heterocycles. The van der Waals surface area contributed by atoms with Crippen LogP contribution in [-0.2, 0) is 0 Å². The Morgan fingerprint density at radius 3 is 2.61 bits per heavy atom. The number of nitro benzene ring substituents is 1. The van der Waals surface area contributed by atoms with E-state index in [4.69, 9.17) is 4.74 Å². The quantitative estimate of drug-likeness (QED) is 0.597. The Hall–Kier alpha value is -2.11. The zero-order valence-corrected chi connectivity index (χ0v) is 10.0. The van der Waals surface area contributed by atoms with Crippen LogP contribution in [0.5, 0.6) is 5.75 Å². The number of hydrogen-bond acceptors (Lipinski definition) is 4. The predicted octanol–water partition coefficient (Wildman–Crippen LogP) is 2.44. The maximum Gasteiger partial charge on any atom is 0.415 e. The van der Waals surface area contributed by atoms with Crippen molar-refractivity contribution in [2.24, 2.45) is 5.92 Å². The molecule has 0 aromatic heterocycles. The molecule has 1 saturated heterocycles. The third-order valence-electron chi connectivity index (χ3n) is 2.93. The van der Waals surface area contributed by atoms with Crippen LogP contribution in [-0.4, -0.2) is 29.0 Å². The van der Waals surface area contributed by atoms with Crippen molar-refractivity contribution in [1.29, 1.82) is 0 Å². The highest BCUT2D eigenvalue weighted by Gasteiger charge is 2.24. The minimum absolute atomic E-state index is 0.0235. The molecule has 0 saturated carbocycles. The topological polar surface area (TPSA) is 72.7 Å². The molecule has 0 radical (unpaired) electrons. The second kappa shape index (κ2) is 5.03. The average Bonchev–Trinajstić information content (AvgIpc) is 2.76. The fourth-order valence-corrected chi connectivity index (χ4v) is 1.90. The Balaban J connectivity index is 1.97. The van der Waals surface area contributed by atoms with E-state index in [0.717, 1.165) is 6.42 Å². The predicted molar refractivity (Wildman–Crippen MR) is 64.5 cm³/mol. The van der Waals surface area contributed by atoms with E-state index in [1.54, 1.807) is 4.90 Å². The van der Waals surface area contributed by atoms with E-state index in [-0.39, 0.29) is 5.69 Å². The number of carbonyl (C=O) groups is 1. The summed E-state index contributed by atoms with van der Waals surface area (Å²) in [6.07, 6.45) is 0.586. The lowest BCUT2D eigenvalue weighted by Gasteiger charge is -2.15. The molecule has 0 unspecified atom stereocenters. The minimum atomic E-state index is -0.492. The van der Waals surface area contributed by atoms with Gasteiger partial charge in [0.15, 0.2) is 0 Å². The molecule has 0 aliphatic carbocycles. The summed E-state index contributed by atoms with van der Waals surface area (Å²) in [5.41, 5.74) is -0.0235. The molecule has 0 spiro atoms. The highest BCUT2D eigenvalue weighted by molar-refractivity contribution is 5.71. The van der Waals surface area contributed by atoms with Gasteiger partial charge < -0.3 is 9.64 Å². The molecule has 18 heavy (non-hydrogen) atoms. The number of nitro groups is 1.